The molecule has 0 spiro atoms. The Morgan fingerprint density at radius 2 is 1.80 bits per heavy atom. The summed E-state index contributed by atoms with van der Waals surface area (Å²) in [5, 5.41) is 3.22. The van der Waals surface area contributed by atoms with Crippen LogP contribution in [0.5, 0.6) is 0 Å². The van der Waals surface area contributed by atoms with E-state index in [2.05, 4.69) is 14.8 Å². The van der Waals surface area contributed by atoms with Crippen LogP contribution < -0.4 is 14.8 Å². The Labute approximate surface area is 97.0 Å². The first-order valence-corrected chi connectivity index (χ1v) is 6.48. The van der Waals surface area contributed by atoms with E-state index in [1.165, 1.54) is 0 Å². The summed E-state index contributed by atoms with van der Waals surface area (Å²) in [6, 6.07) is 0.108. The zero-order chi connectivity index (χ0) is 10.3. The lowest BCUT2D eigenvalue weighted by atomic mass is 10.4. The fourth-order valence-corrected chi connectivity index (χ4v) is 3.51. The smallest absolute Gasteiger partial charge is 0.277 e. The van der Waals surface area contributed by atoms with Gasteiger partial charge in [-0.1, -0.05) is 0 Å². The van der Waals surface area contributed by atoms with E-state index in [4.69, 9.17) is 0 Å². The summed E-state index contributed by atoms with van der Waals surface area (Å²) in [5.41, 5.74) is 0. The van der Waals surface area contributed by atoms with E-state index in [0.29, 0.717) is 11.8 Å². The number of hydrogen-bond donors (Lipinski definition) is 3. The Kier molecular flexibility index (Phi) is 4.00. The molecule has 5 nitrogen and oxygen atoms in total. The van der Waals surface area contributed by atoms with Crippen LogP contribution in [0.4, 0.5) is 0 Å². The number of fused-ring (bicyclic) bond motifs is 1. The Balaban J connectivity index is 0.00000112. The molecule has 0 radical (unpaired) electrons. The van der Waals surface area contributed by atoms with E-state index in [9.17, 15) is 8.42 Å². The first-order chi connectivity index (χ1) is 6.49. The third kappa shape index (κ3) is 3.04. The van der Waals surface area contributed by atoms with Crippen LogP contribution in [0.25, 0.3) is 0 Å². The van der Waals surface area contributed by atoms with Gasteiger partial charge in [0.2, 0.25) is 0 Å². The molecule has 3 N–H and O–H groups in total. The van der Waals surface area contributed by atoms with E-state index in [-0.39, 0.29) is 24.5 Å². The average molecular weight is 256 g/mol. The van der Waals surface area contributed by atoms with Crippen molar-refractivity contribution in [2.75, 3.05) is 13.1 Å². The minimum absolute atomic E-state index is 0. The van der Waals surface area contributed by atoms with Crippen LogP contribution in [-0.4, -0.2) is 33.6 Å². The van der Waals surface area contributed by atoms with Gasteiger partial charge in [-0.15, -0.1) is 12.4 Å². The molecule has 0 bridgehead atoms. The monoisotopic (exact) mass is 255 g/mol. The highest BCUT2D eigenvalue weighted by molar-refractivity contribution is 7.87. The van der Waals surface area contributed by atoms with Crippen molar-refractivity contribution >= 4 is 22.6 Å². The highest BCUT2D eigenvalue weighted by atomic mass is 35.5. The molecule has 1 aliphatic carbocycles. The molecule has 1 heterocycles. The molecule has 1 saturated heterocycles. The molecule has 2 unspecified atom stereocenters. The lowest BCUT2D eigenvalue weighted by Gasteiger charge is -2.11. The van der Waals surface area contributed by atoms with Crippen LogP contribution in [0.1, 0.15) is 13.8 Å². The van der Waals surface area contributed by atoms with Crippen LogP contribution in [0, 0.1) is 11.8 Å². The topological polar surface area (TPSA) is 70.2 Å². The summed E-state index contributed by atoms with van der Waals surface area (Å²) < 4.78 is 28.2. The SMILES string of the molecule is CC(C)NS(=O)(=O)NC1C2CNCC21.Cl. The van der Waals surface area contributed by atoms with E-state index < -0.39 is 10.2 Å². The molecule has 0 amide bonds. The van der Waals surface area contributed by atoms with E-state index in [1.54, 1.807) is 0 Å². The summed E-state index contributed by atoms with van der Waals surface area (Å²) in [5.74, 6) is 1.03. The third-order valence-corrected chi connectivity index (χ3v) is 4.14. The number of rotatable bonds is 4. The van der Waals surface area contributed by atoms with Gasteiger partial charge in [0.15, 0.2) is 0 Å². The van der Waals surface area contributed by atoms with Crippen LogP contribution in [0.3, 0.4) is 0 Å². The van der Waals surface area contributed by atoms with E-state index in [0.717, 1.165) is 13.1 Å². The van der Waals surface area contributed by atoms with Crippen LogP contribution in [-0.2, 0) is 10.2 Å². The van der Waals surface area contributed by atoms with Crippen molar-refractivity contribution in [2.24, 2.45) is 11.8 Å². The van der Waals surface area contributed by atoms with Gasteiger partial charge < -0.3 is 5.32 Å². The number of hydrogen-bond acceptors (Lipinski definition) is 3. The summed E-state index contributed by atoms with van der Waals surface area (Å²) in [7, 11) is -3.29. The van der Waals surface area contributed by atoms with Crippen LogP contribution in [0.15, 0.2) is 0 Å². The van der Waals surface area contributed by atoms with Crippen molar-refractivity contribution in [3.05, 3.63) is 0 Å². The van der Waals surface area contributed by atoms with Crippen molar-refractivity contribution in [3.63, 3.8) is 0 Å². The van der Waals surface area contributed by atoms with Gasteiger partial charge in [0.25, 0.3) is 10.2 Å². The van der Waals surface area contributed by atoms with Gasteiger partial charge in [-0.05, 0) is 38.8 Å². The molecule has 0 aromatic heterocycles. The molecule has 90 valence electrons. The predicted molar refractivity (Wildman–Crippen MR) is 61.2 cm³/mol. The largest absolute Gasteiger partial charge is 0.316 e. The second-order valence-corrected chi connectivity index (χ2v) is 5.88. The first kappa shape index (κ1) is 13.2. The predicted octanol–water partition coefficient (Wildman–Crippen LogP) is -0.542. The Morgan fingerprint density at radius 3 is 2.27 bits per heavy atom. The second kappa shape index (κ2) is 4.55. The van der Waals surface area contributed by atoms with Gasteiger partial charge in [-0.25, -0.2) is 0 Å². The zero-order valence-corrected chi connectivity index (χ0v) is 10.5. The fraction of sp³-hybridized carbons (Fsp3) is 1.00. The number of halogens is 1. The Bertz CT molecular complexity index is 310. The van der Waals surface area contributed by atoms with Gasteiger partial charge >= 0.3 is 0 Å². The summed E-state index contributed by atoms with van der Waals surface area (Å²) in [4.78, 5) is 0. The van der Waals surface area contributed by atoms with Crippen molar-refractivity contribution in [1.29, 1.82) is 0 Å². The van der Waals surface area contributed by atoms with Crippen LogP contribution in [0.2, 0.25) is 0 Å². The molecule has 15 heavy (non-hydrogen) atoms. The average Bonchev–Trinajstić information content (AvgIpc) is 2.51. The lowest BCUT2D eigenvalue weighted by Crippen LogP contribution is -2.43. The highest BCUT2D eigenvalue weighted by Crippen LogP contribution is 2.41. The van der Waals surface area contributed by atoms with Crippen LogP contribution >= 0.6 is 12.4 Å². The number of nitrogens with one attached hydrogen (secondary N) is 3. The quantitative estimate of drug-likeness (QED) is 0.632. The summed E-state index contributed by atoms with van der Waals surface area (Å²) in [6.07, 6.45) is 0. The van der Waals surface area contributed by atoms with Gasteiger partial charge in [-0.3, -0.25) is 0 Å². The maximum atomic E-state index is 11.5. The molecule has 1 aliphatic heterocycles. The highest BCUT2D eigenvalue weighted by Gasteiger charge is 2.54. The summed E-state index contributed by atoms with van der Waals surface area (Å²) >= 11 is 0. The fourth-order valence-electron chi connectivity index (χ4n) is 2.12. The Hall–Kier alpha value is 0.120. The molecular weight excluding hydrogens is 238 g/mol. The van der Waals surface area contributed by atoms with Gasteiger partial charge in [0.1, 0.15) is 0 Å². The zero-order valence-electron chi connectivity index (χ0n) is 8.86. The second-order valence-electron chi connectivity index (χ2n) is 4.41. The van der Waals surface area contributed by atoms with Crippen molar-refractivity contribution in [1.82, 2.24) is 14.8 Å². The molecule has 1 saturated carbocycles. The third-order valence-electron chi connectivity index (χ3n) is 2.77. The molecule has 2 fully saturated rings. The van der Waals surface area contributed by atoms with E-state index in [1.807, 2.05) is 13.8 Å². The normalized spacial score (nSPS) is 33.7. The van der Waals surface area contributed by atoms with Crippen molar-refractivity contribution in [3.8, 4) is 0 Å². The first-order valence-electron chi connectivity index (χ1n) is 5.00. The molecule has 7 heteroatoms. The maximum absolute atomic E-state index is 11.5. The molecule has 2 atom stereocenters. The van der Waals surface area contributed by atoms with Gasteiger partial charge in [-0.2, -0.15) is 17.9 Å². The molecular formula is C8H18ClN3O2S. The maximum Gasteiger partial charge on any atom is 0.277 e. The minimum atomic E-state index is -3.29. The van der Waals surface area contributed by atoms with Crippen molar-refractivity contribution < 1.29 is 8.42 Å². The van der Waals surface area contributed by atoms with Gasteiger partial charge in [0, 0.05) is 12.1 Å². The molecule has 2 rings (SSSR count). The molecule has 0 aromatic rings. The molecule has 2 aliphatic rings. The van der Waals surface area contributed by atoms with E-state index >= 15 is 0 Å². The van der Waals surface area contributed by atoms with Crippen molar-refractivity contribution in [2.45, 2.75) is 25.9 Å². The Morgan fingerprint density at radius 1 is 1.27 bits per heavy atom. The standard InChI is InChI=1S/C8H17N3O2S.ClH/c1-5(2)10-14(12,13)11-8-6-3-9-4-7(6)8;/h5-11H,3-4H2,1-2H3;1H. The summed E-state index contributed by atoms with van der Waals surface area (Å²) in [6.45, 7) is 5.52. The van der Waals surface area contributed by atoms with Gasteiger partial charge in [0.05, 0.1) is 0 Å². The minimum Gasteiger partial charge on any atom is -0.316 e. The molecule has 0 aromatic carbocycles. The lowest BCUT2D eigenvalue weighted by molar-refractivity contribution is 0.542. The number of piperidine rings is 1.